The largest absolute Gasteiger partial charge is 0.444 e. The van der Waals surface area contributed by atoms with Crippen molar-refractivity contribution in [2.75, 3.05) is 24.5 Å². The zero-order chi connectivity index (χ0) is 26.2. The lowest BCUT2D eigenvalue weighted by Gasteiger charge is -2.41. The third-order valence-corrected chi connectivity index (χ3v) is 6.17. The normalized spacial score (nSPS) is 16.0. The number of carbonyl (C=O) groups is 1. The van der Waals surface area contributed by atoms with E-state index in [0.29, 0.717) is 42.2 Å². The molecule has 4 aromatic rings. The topological polar surface area (TPSA) is 113 Å². The number of pyridine rings is 2. The first-order valence-corrected chi connectivity index (χ1v) is 12.1. The van der Waals surface area contributed by atoms with Crippen LogP contribution in [0.15, 0.2) is 55.2 Å². The quantitative estimate of drug-likeness (QED) is 0.415. The van der Waals surface area contributed by atoms with Crippen LogP contribution in [-0.2, 0) is 4.74 Å². The highest BCUT2D eigenvalue weighted by atomic mass is 16.6. The summed E-state index contributed by atoms with van der Waals surface area (Å²) in [5, 5.41) is 9.41. The SMILES string of the molecule is C[C@H]1CN(C(=O)OC(C)(C)C)CCN1c1ncnc2c(-c3cc(C#N)ccn3)cn(-c3ccccn3)c12. The van der Waals surface area contributed by atoms with Gasteiger partial charge in [-0.3, -0.25) is 9.55 Å². The molecule has 37 heavy (non-hydrogen) atoms. The van der Waals surface area contributed by atoms with Crippen LogP contribution in [0.5, 0.6) is 0 Å². The Hall–Kier alpha value is -4.52. The molecular weight excluding hydrogens is 468 g/mol. The molecule has 5 rings (SSSR count). The van der Waals surface area contributed by atoms with Crippen LogP contribution in [0, 0.1) is 11.3 Å². The lowest BCUT2D eigenvalue weighted by atomic mass is 10.1. The fraction of sp³-hybridized carbons (Fsp3) is 0.333. The van der Waals surface area contributed by atoms with Gasteiger partial charge in [0.25, 0.3) is 0 Å². The van der Waals surface area contributed by atoms with E-state index in [2.05, 4.69) is 32.8 Å². The molecule has 10 heteroatoms. The van der Waals surface area contributed by atoms with Gasteiger partial charge >= 0.3 is 6.09 Å². The molecule has 0 spiro atoms. The summed E-state index contributed by atoms with van der Waals surface area (Å²) in [5.74, 6) is 1.46. The smallest absolute Gasteiger partial charge is 0.410 e. The van der Waals surface area contributed by atoms with Gasteiger partial charge in [0.15, 0.2) is 5.82 Å². The van der Waals surface area contributed by atoms with E-state index in [1.807, 2.05) is 49.7 Å². The number of nitriles is 1. The monoisotopic (exact) mass is 496 g/mol. The standard InChI is InChI=1S/C27H28N8O2/c1-18-15-33(26(36)37-27(2,3)4)11-12-34(18)25-24-23(31-17-32-25)20(21-13-19(14-28)8-10-29-21)16-35(24)22-7-5-6-9-30-22/h5-10,13,16-18H,11-12,15H2,1-4H3/t18-/m0/s1. The zero-order valence-electron chi connectivity index (χ0n) is 21.3. The molecule has 5 heterocycles. The molecule has 1 aliphatic rings. The number of rotatable bonds is 3. The molecule has 1 aliphatic heterocycles. The van der Waals surface area contributed by atoms with Crippen molar-refractivity contribution in [2.45, 2.75) is 39.3 Å². The fourth-order valence-corrected chi connectivity index (χ4v) is 4.53. The van der Waals surface area contributed by atoms with E-state index in [1.54, 1.807) is 35.8 Å². The third kappa shape index (κ3) is 4.80. The second-order valence-electron chi connectivity index (χ2n) is 10.0. The molecular formula is C27H28N8O2. The number of piperazine rings is 1. The highest BCUT2D eigenvalue weighted by Crippen LogP contribution is 2.35. The number of carbonyl (C=O) groups excluding carboxylic acids is 1. The Morgan fingerprint density at radius 3 is 2.65 bits per heavy atom. The van der Waals surface area contributed by atoms with Gasteiger partial charge < -0.3 is 14.5 Å². The molecule has 1 amide bonds. The molecule has 10 nitrogen and oxygen atoms in total. The van der Waals surface area contributed by atoms with Crippen molar-refractivity contribution in [3.63, 3.8) is 0 Å². The number of anilines is 1. The number of aromatic nitrogens is 5. The van der Waals surface area contributed by atoms with Crippen LogP contribution >= 0.6 is 0 Å². The first-order chi connectivity index (χ1) is 17.7. The average Bonchev–Trinajstić information content (AvgIpc) is 3.28. The third-order valence-electron chi connectivity index (χ3n) is 6.17. The van der Waals surface area contributed by atoms with E-state index in [0.717, 1.165) is 16.9 Å². The van der Waals surface area contributed by atoms with Crippen molar-refractivity contribution in [3.05, 3.63) is 60.8 Å². The second kappa shape index (κ2) is 9.50. The Balaban J connectivity index is 1.59. The summed E-state index contributed by atoms with van der Waals surface area (Å²) >= 11 is 0. The first kappa shape index (κ1) is 24.2. The molecule has 0 aliphatic carbocycles. The summed E-state index contributed by atoms with van der Waals surface area (Å²) < 4.78 is 7.55. The van der Waals surface area contributed by atoms with Crippen molar-refractivity contribution >= 4 is 22.9 Å². The van der Waals surface area contributed by atoms with Gasteiger partial charge in [0.1, 0.15) is 28.8 Å². The number of nitrogens with zero attached hydrogens (tertiary/aromatic N) is 8. The van der Waals surface area contributed by atoms with Gasteiger partial charge in [-0.15, -0.1) is 0 Å². The number of hydrogen-bond acceptors (Lipinski definition) is 8. The fourth-order valence-electron chi connectivity index (χ4n) is 4.53. The number of ether oxygens (including phenoxy) is 1. The lowest BCUT2D eigenvalue weighted by molar-refractivity contribution is 0.0218. The van der Waals surface area contributed by atoms with Crippen LogP contribution < -0.4 is 4.90 Å². The predicted octanol–water partition coefficient (Wildman–Crippen LogP) is 4.19. The van der Waals surface area contributed by atoms with Gasteiger partial charge in [-0.25, -0.2) is 19.7 Å². The predicted molar refractivity (Wildman–Crippen MR) is 139 cm³/mol. The Morgan fingerprint density at radius 1 is 1.11 bits per heavy atom. The minimum absolute atomic E-state index is 0.0186. The van der Waals surface area contributed by atoms with Gasteiger partial charge in [0.2, 0.25) is 0 Å². The van der Waals surface area contributed by atoms with Crippen molar-refractivity contribution < 1.29 is 9.53 Å². The Kier molecular flexibility index (Phi) is 6.21. The van der Waals surface area contributed by atoms with E-state index >= 15 is 0 Å². The Bertz CT molecular complexity index is 1490. The van der Waals surface area contributed by atoms with Crippen LogP contribution in [0.4, 0.5) is 10.6 Å². The minimum atomic E-state index is -0.549. The van der Waals surface area contributed by atoms with Crippen molar-refractivity contribution in [2.24, 2.45) is 0 Å². The molecule has 0 bridgehead atoms. The molecule has 0 unspecified atom stereocenters. The molecule has 1 saturated heterocycles. The Morgan fingerprint density at radius 2 is 1.95 bits per heavy atom. The Labute approximate surface area is 215 Å². The van der Waals surface area contributed by atoms with E-state index < -0.39 is 5.60 Å². The van der Waals surface area contributed by atoms with Gasteiger partial charge in [0.05, 0.1) is 17.3 Å². The molecule has 0 saturated carbocycles. The molecule has 0 N–H and O–H groups in total. The van der Waals surface area contributed by atoms with Crippen LogP contribution in [0.3, 0.4) is 0 Å². The van der Waals surface area contributed by atoms with Crippen molar-refractivity contribution in [3.8, 4) is 23.1 Å². The number of amides is 1. The van der Waals surface area contributed by atoms with Gasteiger partial charge in [-0.05, 0) is 52.0 Å². The summed E-state index contributed by atoms with van der Waals surface area (Å²) in [6.07, 6.45) is 6.54. The summed E-state index contributed by atoms with van der Waals surface area (Å²) in [6, 6.07) is 11.3. The van der Waals surface area contributed by atoms with E-state index in [1.165, 1.54) is 0 Å². The summed E-state index contributed by atoms with van der Waals surface area (Å²) in [5.41, 5.74) is 2.89. The maximum absolute atomic E-state index is 12.7. The molecule has 1 atom stereocenters. The second-order valence-corrected chi connectivity index (χ2v) is 10.0. The summed E-state index contributed by atoms with van der Waals surface area (Å²) in [4.78, 5) is 35.0. The summed E-state index contributed by atoms with van der Waals surface area (Å²) in [6.45, 7) is 9.26. The highest BCUT2D eigenvalue weighted by Gasteiger charge is 2.32. The highest BCUT2D eigenvalue weighted by molar-refractivity contribution is 5.99. The molecule has 188 valence electrons. The molecule has 0 radical (unpaired) electrons. The number of fused-ring (bicyclic) bond motifs is 1. The van der Waals surface area contributed by atoms with Crippen molar-refractivity contribution in [1.82, 2.24) is 29.4 Å². The van der Waals surface area contributed by atoms with Crippen LogP contribution in [0.25, 0.3) is 28.1 Å². The van der Waals surface area contributed by atoms with Gasteiger partial charge in [0, 0.05) is 49.8 Å². The van der Waals surface area contributed by atoms with Crippen LogP contribution in [0.1, 0.15) is 33.3 Å². The van der Waals surface area contributed by atoms with Crippen LogP contribution in [-0.4, -0.2) is 66.8 Å². The molecule has 0 aromatic carbocycles. The first-order valence-electron chi connectivity index (χ1n) is 12.1. The zero-order valence-corrected chi connectivity index (χ0v) is 21.3. The van der Waals surface area contributed by atoms with Gasteiger partial charge in [-0.1, -0.05) is 6.07 Å². The maximum atomic E-state index is 12.7. The van der Waals surface area contributed by atoms with Crippen LogP contribution in [0.2, 0.25) is 0 Å². The maximum Gasteiger partial charge on any atom is 0.410 e. The molecule has 1 fully saturated rings. The van der Waals surface area contributed by atoms with E-state index in [-0.39, 0.29) is 12.1 Å². The lowest BCUT2D eigenvalue weighted by Crippen LogP contribution is -2.55. The minimum Gasteiger partial charge on any atom is -0.444 e. The van der Waals surface area contributed by atoms with E-state index in [9.17, 15) is 10.1 Å². The average molecular weight is 497 g/mol. The van der Waals surface area contributed by atoms with E-state index in [4.69, 9.17) is 9.72 Å². The van der Waals surface area contributed by atoms with Crippen molar-refractivity contribution in [1.29, 1.82) is 5.26 Å². The summed E-state index contributed by atoms with van der Waals surface area (Å²) in [7, 11) is 0. The molecule has 4 aromatic heterocycles. The van der Waals surface area contributed by atoms with Gasteiger partial charge in [-0.2, -0.15) is 5.26 Å². The number of hydrogen-bond donors (Lipinski definition) is 0.